The van der Waals surface area contributed by atoms with Crippen LogP contribution in [0.5, 0.6) is 0 Å². The van der Waals surface area contributed by atoms with E-state index in [4.69, 9.17) is 0 Å². The van der Waals surface area contributed by atoms with Crippen molar-refractivity contribution >= 4 is 26.7 Å². The zero-order valence-electron chi connectivity index (χ0n) is 11.4. The minimum absolute atomic E-state index is 0.402. The molecule has 0 amide bonds. The standard InChI is InChI=1S/C14H18N2O2S/c1-4-16(19(17,18)15(2)3)14-10-9-12-7-5-6-8-13(12)11-14/h5-11H,4H2,1-3H3. The largest absolute Gasteiger partial charge is 0.303 e. The number of benzene rings is 2. The van der Waals surface area contributed by atoms with E-state index < -0.39 is 10.2 Å². The van der Waals surface area contributed by atoms with Crippen LogP contribution in [0, 0.1) is 0 Å². The average Bonchev–Trinajstić information content (AvgIpc) is 2.39. The smallest absolute Gasteiger partial charge is 0.258 e. The number of fused-ring (bicyclic) bond motifs is 1. The molecule has 0 aliphatic heterocycles. The summed E-state index contributed by atoms with van der Waals surface area (Å²) in [6.07, 6.45) is 0. The van der Waals surface area contributed by atoms with Crippen LogP contribution in [0.15, 0.2) is 42.5 Å². The van der Waals surface area contributed by atoms with Crippen LogP contribution in [0.3, 0.4) is 0 Å². The van der Waals surface area contributed by atoms with Crippen molar-refractivity contribution in [3.63, 3.8) is 0 Å². The van der Waals surface area contributed by atoms with Crippen molar-refractivity contribution < 1.29 is 8.42 Å². The lowest BCUT2D eigenvalue weighted by Crippen LogP contribution is -2.40. The third-order valence-corrected chi connectivity index (χ3v) is 5.00. The molecule has 102 valence electrons. The fraction of sp³-hybridized carbons (Fsp3) is 0.286. The first-order valence-corrected chi connectivity index (χ1v) is 7.55. The Morgan fingerprint density at radius 3 is 2.21 bits per heavy atom. The number of hydrogen-bond acceptors (Lipinski definition) is 2. The second kappa shape index (κ2) is 5.19. The molecule has 0 saturated heterocycles. The van der Waals surface area contributed by atoms with Crippen LogP contribution in [-0.2, 0) is 10.2 Å². The van der Waals surface area contributed by atoms with Gasteiger partial charge < -0.3 is 0 Å². The molecule has 2 rings (SSSR count). The maximum Gasteiger partial charge on any atom is 0.303 e. The summed E-state index contributed by atoms with van der Waals surface area (Å²) in [5.74, 6) is 0. The van der Waals surface area contributed by atoms with Gasteiger partial charge in [-0.15, -0.1) is 0 Å². The lowest BCUT2D eigenvalue weighted by molar-refractivity contribution is 0.516. The van der Waals surface area contributed by atoms with Crippen molar-refractivity contribution in [1.29, 1.82) is 0 Å². The number of anilines is 1. The molecule has 0 aliphatic carbocycles. The van der Waals surface area contributed by atoms with E-state index >= 15 is 0 Å². The van der Waals surface area contributed by atoms with Gasteiger partial charge in [0.2, 0.25) is 0 Å². The van der Waals surface area contributed by atoms with Gasteiger partial charge in [0.05, 0.1) is 5.69 Å². The van der Waals surface area contributed by atoms with Gasteiger partial charge in [0.1, 0.15) is 0 Å². The van der Waals surface area contributed by atoms with Gasteiger partial charge >= 0.3 is 10.2 Å². The summed E-state index contributed by atoms with van der Waals surface area (Å²) in [7, 11) is -0.363. The van der Waals surface area contributed by atoms with E-state index in [1.165, 1.54) is 8.61 Å². The summed E-state index contributed by atoms with van der Waals surface area (Å²) in [5, 5.41) is 2.14. The van der Waals surface area contributed by atoms with Crippen LogP contribution in [0.2, 0.25) is 0 Å². The summed E-state index contributed by atoms with van der Waals surface area (Å²) < 4.78 is 27.1. The van der Waals surface area contributed by atoms with Gasteiger partial charge in [-0.05, 0) is 29.8 Å². The van der Waals surface area contributed by atoms with Crippen LogP contribution >= 0.6 is 0 Å². The molecule has 19 heavy (non-hydrogen) atoms. The molecular weight excluding hydrogens is 260 g/mol. The second-order valence-corrected chi connectivity index (χ2v) is 6.55. The van der Waals surface area contributed by atoms with E-state index in [1.54, 1.807) is 14.1 Å². The van der Waals surface area contributed by atoms with Crippen LogP contribution in [0.1, 0.15) is 6.92 Å². The Kier molecular flexibility index (Phi) is 3.78. The van der Waals surface area contributed by atoms with Crippen LogP contribution in [0.4, 0.5) is 5.69 Å². The lowest BCUT2D eigenvalue weighted by atomic mass is 10.1. The molecule has 4 nitrogen and oxygen atoms in total. The van der Waals surface area contributed by atoms with Crippen molar-refractivity contribution in [2.24, 2.45) is 0 Å². The zero-order valence-corrected chi connectivity index (χ0v) is 12.2. The summed E-state index contributed by atoms with van der Waals surface area (Å²) in [6, 6.07) is 13.6. The highest BCUT2D eigenvalue weighted by molar-refractivity contribution is 7.90. The molecule has 0 aromatic heterocycles. The fourth-order valence-corrected chi connectivity index (χ4v) is 3.11. The molecule has 0 aliphatic rings. The lowest BCUT2D eigenvalue weighted by Gasteiger charge is -2.26. The van der Waals surface area contributed by atoms with Gasteiger partial charge in [-0.25, -0.2) is 0 Å². The number of hydrogen-bond donors (Lipinski definition) is 0. The third-order valence-electron chi connectivity index (χ3n) is 3.05. The Hall–Kier alpha value is -1.59. The second-order valence-electron chi connectivity index (χ2n) is 4.49. The molecule has 2 aromatic rings. The molecule has 0 N–H and O–H groups in total. The van der Waals surface area contributed by atoms with Crippen molar-refractivity contribution in [2.45, 2.75) is 6.92 Å². The molecule has 0 spiro atoms. The minimum atomic E-state index is -3.44. The molecule has 0 atom stereocenters. The predicted octanol–water partition coefficient (Wildman–Crippen LogP) is 2.47. The Bertz CT molecular complexity index is 681. The van der Waals surface area contributed by atoms with Gasteiger partial charge in [-0.1, -0.05) is 30.3 Å². The Morgan fingerprint density at radius 2 is 1.63 bits per heavy atom. The van der Waals surface area contributed by atoms with Crippen molar-refractivity contribution in [3.8, 4) is 0 Å². The molecule has 0 unspecified atom stereocenters. The van der Waals surface area contributed by atoms with E-state index in [-0.39, 0.29) is 0 Å². The highest BCUT2D eigenvalue weighted by Gasteiger charge is 2.23. The molecule has 0 heterocycles. The molecule has 0 fully saturated rings. The topological polar surface area (TPSA) is 40.6 Å². The summed E-state index contributed by atoms with van der Waals surface area (Å²) in [5.41, 5.74) is 0.690. The summed E-state index contributed by atoms with van der Waals surface area (Å²) in [6.45, 7) is 2.23. The fourth-order valence-electron chi connectivity index (χ4n) is 2.01. The Morgan fingerprint density at radius 1 is 1.00 bits per heavy atom. The average molecular weight is 278 g/mol. The van der Waals surface area contributed by atoms with Gasteiger partial charge in [0.25, 0.3) is 0 Å². The first-order valence-electron chi connectivity index (χ1n) is 6.16. The highest BCUT2D eigenvalue weighted by atomic mass is 32.2. The maximum absolute atomic E-state index is 12.2. The Labute approximate surface area is 114 Å². The van der Waals surface area contributed by atoms with E-state index in [0.29, 0.717) is 12.2 Å². The van der Waals surface area contributed by atoms with Gasteiger partial charge in [-0.2, -0.15) is 12.7 Å². The van der Waals surface area contributed by atoms with Crippen molar-refractivity contribution in [1.82, 2.24) is 4.31 Å². The van der Waals surface area contributed by atoms with Crippen LogP contribution < -0.4 is 4.31 Å². The SMILES string of the molecule is CCN(c1ccc2ccccc2c1)S(=O)(=O)N(C)C. The monoisotopic (exact) mass is 278 g/mol. The molecule has 0 radical (unpaired) electrons. The molecular formula is C14H18N2O2S. The van der Waals surface area contributed by atoms with Crippen LogP contribution in [-0.4, -0.2) is 33.4 Å². The number of rotatable bonds is 4. The van der Waals surface area contributed by atoms with E-state index in [0.717, 1.165) is 10.8 Å². The van der Waals surface area contributed by atoms with Gasteiger partial charge in [-0.3, -0.25) is 4.31 Å². The highest BCUT2D eigenvalue weighted by Crippen LogP contribution is 2.24. The first-order chi connectivity index (χ1) is 8.96. The van der Waals surface area contributed by atoms with E-state index in [9.17, 15) is 8.42 Å². The minimum Gasteiger partial charge on any atom is -0.258 e. The molecule has 5 heteroatoms. The van der Waals surface area contributed by atoms with E-state index in [2.05, 4.69) is 0 Å². The number of nitrogens with zero attached hydrogens (tertiary/aromatic N) is 2. The van der Waals surface area contributed by atoms with Gasteiger partial charge in [0, 0.05) is 20.6 Å². The maximum atomic E-state index is 12.2. The molecule has 0 saturated carbocycles. The van der Waals surface area contributed by atoms with Crippen molar-refractivity contribution in [2.75, 3.05) is 24.9 Å². The third kappa shape index (κ3) is 2.57. The molecule has 0 bridgehead atoms. The molecule has 2 aromatic carbocycles. The van der Waals surface area contributed by atoms with Crippen molar-refractivity contribution in [3.05, 3.63) is 42.5 Å². The van der Waals surface area contributed by atoms with E-state index in [1.807, 2.05) is 49.4 Å². The predicted molar refractivity (Wildman–Crippen MR) is 79.6 cm³/mol. The first kappa shape index (κ1) is 13.8. The quantitative estimate of drug-likeness (QED) is 0.862. The van der Waals surface area contributed by atoms with Crippen LogP contribution in [0.25, 0.3) is 10.8 Å². The summed E-state index contributed by atoms with van der Waals surface area (Å²) in [4.78, 5) is 0. The summed E-state index contributed by atoms with van der Waals surface area (Å²) >= 11 is 0. The zero-order chi connectivity index (χ0) is 14.0. The normalized spacial score (nSPS) is 12.0. The van der Waals surface area contributed by atoms with Gasteiger partial charge in [0.15, 0.2) is 0 Å². The Balaban J connectivity index is 2.53.